The number of carboxylic acids is 1. The highest BCUT2D eigenvalue weighted by molar-refractivity contribution is 5.95. The standard InChI is InChI=1S/C15H21NO4/c1-10-5-6-12(7-11(10)2)14(19)16-15(3,9-20-4)8-13(17)18/h5-7H,8-9H2,1-4H3,(H,16,19)(H,17,18). The van der Waals surface area contributed by atoms with Gasteiger partial charge in [-0.3, -0.25) is 9.59 Å². The third-order valence-electron chi connectivity index (χ3n) is 3.19. The van der Waals surface area contributed by atoms with E-state index in [0.29, 0.717) is 5.56 Å². The Hall–Kier alpha value is -1.88. The first kappa shape index (κ1) is 16.2. The molecular weight excluding hydrogens is 258 g/mol. The summed E-state index contributed by atoms with van der Waals surface area (Å²) in [4.78, 5) is 23.1. The SMILES string of the molecule is COCC(C)(CC(=O)O)NC(=O)c1ccc(C)c(C)c1. The average molecular weight is 279 g/mol. The van der Waals surface area contributed by atoms with Gasteiger partial charge in [-0.15, -0.1) is 0 Å². The molecule has 0 aliphatic carbocycles. The van der Waals surface area contributed by atoms with Crippen molar-refractivity contribution in [3.8, 4) is 0 Å². The number of benzene rings is 1. The van der Waals surface area contributed by atoms with E-state index in [1.807, 2.05) is 19.9 Å². The normalized spacial score (nSPS) is 13.6. The Kier molecular flexibility index (Phi) is 5.27. The molecule has 0 aliphatic heterocycles. The molecule has 0 spiro atoms. The molecule has 1 aromatic carbocycles. The zero-order chi connectivity index (χ0) is 15.3. The molecular formula is C15H21NO4. The van der Waals surface area contributed by atoms with E-state index in [-0.39, 0.29) is 18.9 Å². The molecule has 0 aromatic heterocycles. The summed E-state index contributed by atoms with van der Waals surface area (Å²) in [5, 5.41) is 11.7. The second-order valence-electron chi connectivity index (χ2n) is 5.32. The zero-order valence-corrected chi connectivity index (χ0v) is 12.3. The highest BCUT2D eigenvalue weighted by Crippen LogP contribution is 2.14. The van der Waals surface area contributed by atoms with Crippen LogP contribution >= 0.6 is 0 Å². The van der Waals surface area contributed by atoms with Crippen molar-refractivity contribution >= 4 is 11.9 Å². The minimum Gasteiger partial charge on any atom is -0.481 e. The topological polar surface area (TPSA) is 75.6 Å². The van der Waals surface area contributed by atoms with E-state index in [1.165, 1.54) is 7.11 Å². The Bertz CT molecular complexity index is 513. The molecule has 1 amide bonds. The Labute approximate surface area is 118 Å². The lowest BCUT2D eigenvalue weighted by Gasteiger charge is -2.28. The van der Waals surface area contributed by atoms with Crippen LogP contribution in [0.4, 0.5) is 0 Å². The van der Waals surface area contributed by atoms with Gasteiger partial charge in [0.25, 0.3) is 5.91 Å². The van der Waals surface area contributed by atoms with E-state index < -0.39 is 11.5 Å². The summed E-state index contributed by atoms with van der Waals surface area (Å²) in [6.45, 7) is 5.69. The van der Waals surface area contributed by atoms with E-state index in [0.717, 1.165) is 11.1 Å². The van der Waals surface area contributed by atoms with Gasteiger partial charge in [0.05, 0.1) is 18.6 Å². The molecule has 0 fully saturated rings. The first-order valence-corrected chi connectivity index (χ1v) is 6.38. The summed E-state index contributed by atoms with van der Waals surface area (Å²) in [5.41, 5.74) is 1.70. The van der Waals surface area contributed by atoms with Gasteiger partial charge in [-0.2, -0.15) is 0 Å². The molecule has 0 bridgehead atoms. The van der Waals surface area contributed by atoms with Crippen molar-refractivity contribution in [2.24, 2.45) is 0 Å². The van der Waals surface area contributed by atoms with Crippen molar-refractivity contribution in [1.29, 1.82) is 0 Å². The van der Waals surface area contributed by atoms with Crippen LogP contribution in [0.1, 0.15) is 34.8 Å². The van der Waals surface area contributed by atoms with Crippen LogP contribution in [0.2, 0.25) is 0 Å². The fourth-order valence-corrected chi connectivity index (χ4v) is 2.01. The lowest BCUT2D eigenvalue weighted by molar-refractivity contribution is -0.139. The number of aryl methyl sites for hydroxylation is 2. The summed E-state index contributed by atoms with van der Waals surface area (Å²) in [5.74, 6) is -1.28. The van der Waals surface area contributed by atoms with Crippen LogP contribution in [0, 0.1) is 13.8 Å². The van der Waals surface area contributed by atoms with Crippen LogP contribution < -0.4 is 5.32 Å². The third-order valence-corrected chi connectivity index (χ3v) is 3.19. The number of nitrogens with one attached hydrogen (secondary N) is 1. The van der Waals surface area contributed by atoms with Gasteiger partial charge in [0.15, 0.2) is 0 Å². The molecule has 1 rings (SSSR count). The predicted molar refractivity (Wildman–Crippen MR) is 75.9 cm³/mol. The summed E-state index contributed by atoms with van der Waals surface area (Å²) in [6.07, 6.45) is -0.197. The van der Waals surface area contributed by atoms with Gasteiger partial charge in [-0.1, -0.05) is 6.07 Å². The van der Waals surface area contributed by atoms with Crippen LogP contribution in [0.15, 0.2) is 18.2 Å². The highest BCUT2D eigenvalue weighted by atomic mass is 16.5. The summed E-state index contributed by atoms with van der Waals surface area (Å²) >= 11 is 0. The van der Waals surface area contributed by atoms with E-state index >= 15 is 0 Å². The van der Waals surface area contributed by atoms with E-state index in [9.17, 15) is 9.59 Å². The molecule has 0 radical (unpaired) electrons. The Morgan fingerprint density at radius 2 is 1.95 bits per heavy atom. The summed E-state index contributed by atoms with van der Waals surface area (Å²) in [6, 6.07) is 5.39. The van der Waals surface area contributed by atoms with Crippen molar-refractivity contribution in [1.82, 2.24) is 5.32 Å². The number of carbonyl (C=O) groups excluding carboxylic acids is 1. The molecule has 0 aliphatic rings. The zero-order valence-electron chi connectivity index (χ0n) is 12.3. The quantitative estimate of drug-likeness (QED) is 0.834. The van der Waals surface area contributed by atoms with Crippen LogP contribution in [0.25, 0.3) is 0 Å². The second-order valence-corrected chi connectivity index (χ2v) is 5.32. The predicted octanol–water partition coefficient (Wildman–Crippen LogP) is 1.91. The maximum atomic E-state index is 12.2. The van der Waals surface area contributed by atoms with Gasteiger partial charge in [0, 0.05) is 12.7 Å². The molecule has 0 heterocycles. The van der Waals surface area contributed by atoms with Crippen molar-refractivity contribution in [3.63, 3.8) is 0 Å². The molecule has 5 heteroatoms. The fraction of sp³-hybridized carbons (Fsp3) is 0.467. The minimum absolute atomic E-state index is 0.135. The van der Waals surface area contributed by atoms with E-state index in [2.05, 4.69) is 5.32 Å². The largest absolute Gasteiger partial charge is 0.481 e. The van der Waals surface area contributed by atoms with Crippen molar-refractivity contribution in [2.45, 2.75) is 32.7 Å². The van der Waals surface area contributed by atoms with Crippen molar-refractivity contribution in [3.05, 3.63) is 34.9 Å². The fourth-order valence-electron chi connectivity index (χ4n) is 2.01. The smallest absolute Gasteiger partial charge is 0.305 e. The number of ether oxygens (including phenoxy) is 1. The van der Waals surface area contributed by atoms with Gasteiger partial charge < -0.3 is 15.2 Å². The Morgan fingerprint density at radius 3 is 2.45 bits per heavy atom. The molecule has 1 aromatic rings. The molecule has 0 saturated heterocycles. The van der Waals surface area contributed by atoms with Crippen molar-refractivity contribution < 1.29 is 19.4 Å². The van der Waals surface area contributed by atoms with Crippen LogP contribution in [0.5, 0.6) is 0 Å². The number of aliphatic carboxylic acids is 1. The first-order valence-electron chi connectivity index (χ1n) is 6.38. The summed E-state index contributed by atoms with van der Waals surface area (Å²) in [7, 11) is 1.47. The van der Waals surface area contributed by atoms with E-state index in [1.54, 1.807) is 19.1 Å². The van der Waals surface area contributed by atoms with Gasteiger partial charge in [-0.25, -0.2) is 0 Å². The van der Waals surface area contributed by atoms with E-state index in [4.69, 9.17) is 9.84 Å². The van der Waals surface area contributed by atoms with Crippen LogP contribution in [0.3, 0.4) is 0 Å². The number of hydrogen-bond donors (Lipinski definition) is 2. The average Bonchev–Trinajstić information content (AvgIpc) is 2.31. The van der Waals surface area contributed by atoms with Gasteiger partial charge in [0.1, 0.15) is 0 Å². The molecule has 1 atom stereocenters. The molecule has 110 valence electrons. The van der Waals surface area contributed by atoms with Crippen molar-refractivity contribution in [2.75, 3.05) is 13.7 Å². The number of amides is 1. The number of carbonyl (C=O) groups is 2. The maximum Gasteiger partial charge on any atom is 0.305 e. The number of hydrogen-bond acceptors (Lipinski definition) is 3. The van der Waals surface area contributed by atoms with Crippen LogP contribution in [-0.4, -0.2) is 36.2 Å². The Morgan fingerprint density at radius 1 is 1.30 bits per heavy atom. The number of carboxylic acid groups (broad SMARTS) is 1. The molecule has 1 unspecified atom stereocenters. The first-order chi connectivity index (χ1) is 9.27. The third kappa shape index (κ3) is 4.35. The highest BCUT2D eigenvalue weighted by Gasteiger charge is 2.30. The van der Waals surface area contributed by atoms with Gasteiger partial charge >= 0.3 is 5.97 Å². The minimum atomic E-state index is -0.982. The number of methoxy groups -OCH3 is 1. The van der Waals surface area contributed by atoms with Crippen LogP contribution in [-0.2, 0) is 9.53 Å². The monoisotopic (exact) mass is 279 g/mol. The second kappa shape index (κ2) is 6.52. The molecule has 0 saturated carbocycles. The Balaban J connectivity index is 2.89. The van der Waals surface area contributed by atoms with Gasteiger partial charge in [-0.05, 0) is 44.0 Å². The lowest BCUT2D eigenvalue weighted by atomic mass is 9.97. The molecule has 5 nitrogen and oxygen atoms in total. The summed E-state index contributed by atoms with van der Waals surface area (Å²) < 4.78 is 5.01. The molecule has 2 N–H and O–H groups in total. The van der Waals surface area contributed by atoms with Gasteiger partial charge in [0.2, 0.25) is 0 Å². The lowest BCUT2D eigenvalue weighted by Crippen LogP contribution is -2.50. The maximum absolute atomic E-state index is 12.2. The molecule has 20 heavy (non-hydrogen) atoms. The number of rotatable bonds is 6.